The molecule has 0 amide bonds. The van der Waals surface area contributed by atoms with Gasteiger partial charge in [0.1, 0.15) is 11.2 Å². The summed E-state index contributed by atoms with van der Waals surface area (Å²) in [5, 5.41) is 4.94. The molecular weight excluding hydrogens is 1350 g/mol. The van der Waals surface area contributed by atoms with E-state index in [-0.39, 0.29) is 76.9 Å². The first-order chi connectivity index (χ1) is 39.9. The minimum atomic E-state index is -1.10. The molecule has 15 rings (SSSR count). The number of para-hydroxylation sites is 4. The molecule has 6 heterocycles. The van der Waals surface area contributed by atoms with Gasteiger partial charge in [-0.1, -0.05) is 83.8 Å². The van der Waals surface area contributed by atoms with Crippen molar-refractivity contribution >= 4 is 98.4 Å². The van der Waals surface area contributed by atoms with Crippen molar-refractivity contribution < 1.29 is 67.1 Å². The van der Waals surface area contributed by atoms with Crippen LogP contribution in [-0.2, 0) is 69.2 Å². The second-order valence-electron chi connectivity index (χ2n) is 21.0. The summed E-state index contributed by atoms with van der Waals surface area (Å²) in [4.78, 5) is 15.1. The Morgan fingerprint density at radius 3 is 1.38 bits per heavy atom. The Morgan fingerprint density at radius 2 is 0.835 bits per heavy atom. The van der Waals surface area contributed by atoms with Crippen molar-refractivity contribution in [2.45, 2.75) is 49.1 Å². The molecule has 0 spiro atoms. The Hall–Kier alpha value is -6.96. The van der Waals surface area contributed by atoms with Crippen molar-refractivity contribution in [3.05, 3.63) is 273 Å². The maximum Gasteiger partial charge on any atom is 2.00 e. The van der Waals surface area contributed by atoms with Gasteiger partial charge in [0, 0.05) is 91.4 Å². The molecule has 8 nitrogen and oxygen atoms in total. The number of fused-ring (bicyclic) bond motifs is 9. The molecule has 4 aliphatic rings. The number of furan rings is 1. The largest absolute Gasteiger partial charge is 2.00 e. The molecule has 0 bridgehead atoms. The second kappa shape index (κ2) is 25.2. The molecule has 13 heteroatoms. The smallest absolute Gasteiger partial charge is 0.456 e. The molecule has 0 saturated carbocycles. The van der Waals surface area contributed by atoms with Crippen LogP contribution in [0.25, 0.3) is 70.3 Å². The Bertz CT molecular complexity index is 4200. The number of nitrogens with zero attached hydrogens (tertiary/aromatic N) is 6. The van der Waals surface area contributed by atoms with Gasteiger partial charge >= 0.3 is 58.4 Å². The summed E-state index contributed by atoms with van der Waals surface area (Å²) in [6.45, 7) is 19.6. The molecule has 4 atom stereocenters. The number of benzene rings is 9. The van der Waals surface area contributed by atoms with Crippen molar-refractivity contribution in [2.24, 2.45) is 0 Å². The summed E-state index contributed by atoms with van der Waals surface area (Å²) in [6.07, 6.45) is -0.0627. The van der Waals surface area contributed by atoms with Crippen LogP contribution >= 0.6 is 11.3 Å². The second-order valence-corrected chi connectivity index (χ2v) is 23.5. The van der Waals surface area contributed by atoms with Gasteiger partial charge in [0.15, 0.2) is 0 Å². The van der Waals surface area contributed by atoms with Crippen LogP contribution in [0.1, 0.15) is 37.5 Å². The van der Waals surface area contributed by atoms with Gasteiger partial charge in [0.25, 0.3) is 0 Å². The predicted molar refractivity (Wildman–Crippen MR) is 341 cm³/mol. The van der Waals surface area contributed by atoms with Crippen LogP contribution in [0.15, 0.2) is 231 Å². The Morgan fingerprint density at radius 1 is 0.424 bits per heavy atom. The molecule has 3 radical (unpaired) electrons. The molecular formula is C72H60N6O2Rh3S2. The van der Waals surface area contributed by atoms with Crippen LogP contribution in [0.3, 0.4) is 0 Å². The van der Waals surface area contributed by atoms with E-state index in [1.54, 1.807) is 0 Å². The van der Waals surface area contributed by atoms with E-state index < -0.39 is 10.8 Å². The van der Waals surface area contributed by atoms with Crippen molar-refractivity contribution in [3.8, 4) is 11.1 Å². The molecule has 0 saturated heterocycles. The zero-order chi connectivity index (χ0) is 56.5. The third-order valence-corrected chi connectivity index (χ3v) is 19.1. The summed E-state index contributed by atoms with van der Waals surface area (Å²) < 4.78 is 21.5. The van der Waals surface area contributed by atoms with E-state index in [0.717, 1.165) is 76.9 Å². The third-order valence-electron chi connectivity index (χ3n) is 16.4. The fourth-order valence-electron chi connectivity index (χ4n) is 12.4. The zero-order valence-electron chi connectivity index (χ0n) is 47.7. The van der Waals surface area contributed by atoms with Crippen LogP contribution in [-0.4, -0.2) is 58.5 Å². The molecule has 0 aliphatic carbocycles. The number of rotatable bonds is 6. The standard InChI is InChI=1S/C24H20N2OS.C24H20N2O.C24H20N2S.3Rh/c1-16-24(25(3)17(2)26(16)19-9-5-4-6-10-19)18-13-14-23-21(15-18)20-11-7-8-12-22(20)28(23)27;2*1-16-24(25(3)17(2)26(16)19-9-5-4-6-10-19)18-13-14-23-21(15-18)20-11-7-8-12-22(20)27-23;;;/h4-9,11-15,17H,2H2,1,3H3;2*4-9,11-15,17H,2H2,1,3H3;;;/q3*-2;3*+2. The van der Waals surface area contributed by atoms with Crippen LogP contribution in [0.2, 0.25) is 0 Å². The van der Waals surface area contributed by atoms with Gasteiger partial charge in [-0.15, -0.1) is 29.5 Å². The van der Waals surface area contributed by atoms with E-state index in [1.165, 1.54) is 54.1 Å². The number of hydrogen-bond donors (Lipinski definition) is 0. The van der Waals surface area contributed by atoms with Crippen LogP contribution in [0.5, 0.6) is 0 Å². The average Bonchev–Trinajstić information content (AvgIpc) is 2.74. The molecule has 2 aromatic heterocycles. The van der Waals surface area contributed by atoms with E-state index in [1.807, 2.05) is 102 Å². The molecule has 85 heavy (non-hydrogen) atoms. The minimum absolute atomic E-state index is 0. The molecule has 9 aromatic carbocycles. The first-order valence-corrected chi connectivity index (χ1v) is 29.4. The van der Waals surface area contributed by atoms with Gasteiger partial charge in [-0.2, -0.15) is 72.8 Å². The monoisotopic (exact) mass is 1410 g/mol. The maximum atomic E-state index is 12.8. The number of anilines is 3. The Kier molecular flexibility index (Phi) is 18.1. The molecule has 0 N–H and O–H groups in total. The topological polar surface area (TPSA) is 49.7 Å². The quantitative estimate of drug-likeness (QED) is 0.121. The van der Waals surface area contributed by atoms with Crippen molar-refractivity contribution in [3.63, 3.8) is 0 Å². The predicted octanol–water partition coefficient (Wildman–Crippen LogP) is 16.8. The van der Waals surface area contributed by atoms with Crippen LogP contribution in [0, 0.1) is 39.0 Å². The van der Waals surface area contributed by atoms with Gasteiger partial charge in [-0.05, 0) is 105 Å². The van der Waals surface area contributed by atoms with E-state index in [0.29, 0.717) is 0 Å². The minimum Gasteiger partial charge on any atom is -0.456 e. The van der Waals surface area contributed by atoms with Gasteiger partial charge < -0.3 is 54.6 Å². The SMILES string of the molecule is [CH2-]C1N(C)C(c2ccc3c(c2)-c2ccccc2S3=O)=C(C)N1c1[c-]cccc1.[CH2-]C1N(C)C(c2ccc3oc4ccccc4c3c2)=C(C)N1c1[c-]cccc1.[CH2-]C1N(C)C(c2ccc3sc4ccccc4c3c2)=C(C)N1c1[c-]cccc1.[Rh+2].[Rh+2].[Rh+2]. The molecule has 0 fully saturated rings. The molecule has 429 valence electrons. The van der Waals surface area contributed by atoms with Crippen molar-refractivity contribution in [1.82, 2.24) is 14.7 Å². The average molecular weight is 1410 g/mol. The summed E-state index contributed by atoms with van der Waals surface area (Å²) in [6, 6.07) is 78.3. The first-order valence-electron chi connectivity index (χ1n) is 27.4. The van der Waals surface area contributed by atoms with Gasteiger partial charge in [0.2, 0.25) is 0 Å². The Balaban J connectivity index is 0.000000139. The number of hydrogen-bond acceptors (Lipinski definition) is 9. The molecule has 11 aromatic rings. The van der Waals surface area contributed by atoms with E-state index in [4.69, 9.17) is 4.42 Å². The van der Waals surface area contributed by atoms with Crippen molar-refractivity contribution in [2.75, 3.05) is 35.8 Å². The fourth-order valence-corrected chi connectivity index (χ4v) is 14.8. The van der Waals surface area contributed by atoms with E-state index in [2.05, 4.69) is 219 Å². The number of thiophene rings is 1. The van der Waals surface area contributed by atoms with E-state index in [9.17, 15) is 4.21 Å². The van der Waals surface area contributed by atoms with Crippen LogP contribution in [0.4, 0.5) is 17.1 Å². The summed E-state index contributed by atoms with van der Waals surface area (Å²) in [5.74, 6) is 0. The first kappa shape index (κ1) is 61.1. The summed E-state index contributed by atoms with van der Waals surface area (Å²) >= 11 is 1.86. The maximum absolute atomic E-state index is 12.8. The Labute approximate surface area is 544 Å². The van der Waals surface area contributed by atoms with Gasteiger partial charge in [-0.3, -0.25) is 0 Å². The normalized spacial score (nSPS) is 17.9. The van der Waals surface area contributed by atoms with Gasteiger partial charge in [0.05, 0.1) is 37.7 Å². The molecule has 4 unspecified atom stereocenters. The van der Waals surface area contributed by atoms with Crippen LogP contribution < -0.4 is 14.7 Å². The van der Waals surface area contributed by atoms with Gasteiger partial charge in [-0.25, -0.2) is 4.21 Å². The fraction of sp³-hybridized carbons (Fsp3) is 0.125. The summed E-state index contributed by atoms with van der Waals surface area (Å²) in [7, 11) is 5.18. The van der Waals surface area contributed by atoms with Crippen molar-refractivity contribution in [1.29, 1.82) is 0 Å². The molecule has 4 aliphatic heterocycles. The number of allylic oxidation sites excluding steroid dienone is 3. The third kappa shape index (κ3) is 10.7. The summed E-state index contributed by atoms with van der Waals surface area (Å²) in [5.41, 5.74) is 17.6. The zero-order valence-corrected chi connectivity index (χ0v) is 54.3. The van der Waals surface area contributed by atoms with E-state index >= 15 is 0 Å².